The lowest BCUT2D eigenvalue weighted by Crippen LogP contribution is -2.35. The molecule has 11 heteroatoms. The number of thiazole rings is 1. The number of imidazole rings is 1. The number of rotatable bonds is 4. The van der Waals surface area contributed by atoms with Gasteiger partial charge in [0.1, 0.15) is 11.5 Å². The molecule has 0 unspecified atom stereocenters. The van der Waals surface area contributed by atoms with E-state index in [1.807, 2.05) is 24.3 Å². The molecule has 0 fully saturated rings. The van der Waals surface area contributed by atoms with Crippen molar-refractivity contribution in [2.24, 2.45) is 0 Å². The first-order valence-electron chi connectivity index (χ1n) is 8.62. The molecule has 0 aliphatic rings. The first-order valence-corrected chi connectivity index (χ1v) is 9.50. The Morgan fingerprint density at radius 3 is 2.53 bits per heavy atom. The lowest BCUT2D eigenvalue weighted by molar-refractivity contribution is 0.0970. The number of H-pyrrole nitrogens is 1. The summed E-state index contributed by atoms with van der Waals surface area (Å²) in [6.45, 7) is 0. The Kier molecular flexibility index (Phi) is 5.18. The lowest BCUT2D eigenvalue weighted by Gasteiger charge is -2.05. The van der Waals surface area contributed by atoms with Gasteiger partial charge in [-0.3, -0.25) is 30.9 Å². The summed E-state index contributed by atoms with van der Waals surface area (Å²) in [4.78, 5) is 35.7. The molecule has 0 atom stereocenters. The fraction of sp³-hybridized carbons (Fsp3) is 0. The summed E-state index contributed by atoms with van der Waals surface area (Å²) in [5.41, 5.74) is 1.81. The number of carbonyl (C=O) groups is 2. The van der Waals surface area contributed by atoms with E-state index >= 15 is 0 Å². The van der Waals surface area contributed by atoms with Crippen LogP contribution in [-0.2, 0) is 0 Å². The van der Waals surface area contributed by atoms with Crippen molar-refractivity contribution < 1.29 is 14.0 Å². The van der Waals surface area contributed by atoms with Gasteiger partial charge in [0.15, 0.2) is 5.13 Å². The molecule has 0 saturated heterocycles. The number of nitrogens with zero attached hydrogens (tertiary/aromatic N) is 2. The number of para-hydroxylation sites is 2. The van der Waals surface area contributed by atoms with Crippen LogP contribution >= 0.6 is 11.3 Å². The number of aromatic amines is 1. The quantitative estimate of drug-likeness (QED) is 0.254. The van der Waals surface area contributed by atoms with E-state index in [0.29, 0.717) is 5.95 Å². The zero-order valence-electron chi connectivity index (χ0n) is 15.2. The van der Waals surface area contributed by atoms with Crippen molar-refractivity contribution in [3.8, 4) is 0 Å². The second-order valence-corrected chi connectivity index (χ2v) is 6.91. The standard InChI is InChI=1S/C19H14FN7O2S/c20-11-7-5-10(6-8-11)15(28)26-19-24-14(9-30-19)16(29)25-17(21)27-18-22-12-3-1-2-4-13(12)23-18/h1-9H,(H,24,26,28)(H4,21,22,23,25,27,29). The Balaban J connectivity index is 1.35. The minimum absolute atomic E-state index is 0.0329. The lowest BCUT2D eigenvalue weighted by atomic mass is 10.2. The van der Waals surface area contributed by atoms with Gasteiger partial charge < -0.3 is 4.98 Å². The van der Waals surface area contributed by atoms with Crippen LogP contribution in [0.3, 0.4) is 0 Å². The summed E-state index contributed by atoms with van der Waals surface area (Å²) in [5, 5.41) is 17.1. The monoisotopic (exact) mass is 423 g/mol. The van der Waals surface area contributed by atoms with Crippen LogP contribution in [0.15, 0.2) is 53.9 Å². The number of hydrogen-bond donors (Lipinski definition) is 5. The van der Waals surface area contributed by atoms with Gasteiger partial charge in [-0.2, -0.15) is 0 Å². The number of nitrogens with one attached hydrogen (secondary N) is 5. The predicted molar refractivity (Wildman–Crippen MR) is 111 cm³/mol. The Labute approximate surface area is 172 Å². The van der Waals surface area contributed by atoms with Gasteiger partial charge >= 0.3 is 0 Å². The molecule has 0 bridgehead atoms. The van der Waals surface area contributed by atoms with E-state index in [-0.39, 0.29) is 22.3 Å². The molecule has 9 nitrogen and oxygen atoms in total. The highest BCUT2D eigenvalue weighted by Gasteiger charge is 2.15. The molecule has 2 aromatic heterocycles. The molecule has 30 heavy (non-hydrogen) atoms. The van der Waals surface area contributed by atoms with Crippen LogP contribution in [0.25, 0.3) is 11.0 Å². The Morgan fingerprint density at radius 1 is 1.00 bits per heavy atom. The van der Waals surface area contributed by atoms with Crippen LogP contribution in [0.2, 0.25) is 0 Å². The molecule has 2 heterocycles. The molecule has 0 radical (unpaired) electrons. The smallest absolute Gasteiger partial charge is 0.277 e. The van der Waals surface area contributed by atoms with E-state index in [2.05, 4.69) is 30.9 Å². The molecule has 150 valence electrons. The van der Waals surface area contributed by atoms with Crippen LogP contribution < -0.4 is 16.0 Å². The van der Waals surface area contributed by atoms with E-state index in [0.717, 1.165) is 22.4 Å². The number of benzene rings is 2. The molecule has 0 saturated carbocycles. The fourth-order valence-electron chi connectivity index (χ4n) is 2.55. The van der Waals surface area contributed by atoms with Gasteiger partial charge in [0, 0.05) is 10.9 Å². The van der Waals surface area contributed by atoms with Gasteiger partial charge in [0.2, 0.25) is 11.9 Å². The van der Waals surface area contributed by atoms with Crippen molar-refractivity contribution in [2.75, 3.05) is 10.6 Å². The third-order valence-corrected chi connectivity index (χ3v) is 4.69. The van der Waals surface area contributed by atoms with E-state index < -0.39 is 17.6 Å². The zero-order valence-corrected chi connectivity index (χ0v) is 16.0. The SMILES string of the molecule is N=C(NC(=O)c1csc(NC(=O)c2ccc(F)cc2)n1)Nc1nc2ccccc2[nH]1. The minimum Gasteiger partial charge on any atom is -0.324 e. The van der Waals surface area contributed by atoms with Crippen LogP contribution in [0.5, 0.6) is 0 Å². The average molecular weight is 423 g/mol. The summed E-state index contributed by atoms with van der Waals surface area (Å²) in [7, 11) is 0. The number of carbonyl (C=O) groups excluding carboxylic acids is 2. The zero-order chi connectivity index (χ0) is 21.1. The number of anilines is 2. The van der Waals surface area contributed by atoms with E-state index in [9.17, 15) is 14.0 Å². The van der Waals surface area contributed by atoms with Crippen molar-refractivity contribution in [3.05, 3.63) is 71.0 Å². The summed E-state index contributed by atoms with van der Waals surface area (Å²) < 4.78 is 13.0. The highest BCUT2D eigenvalue weighted by molar-refractivity contribution is 7.14. The van der Waals surface area contributed by atoms with Crippen LogP contribution in [0.4, 0.5) is 15.5 Å². The third-order valence-electron chi connectivity index (χ3n) is 3.94. The van der Waals surface area contributed by atoms with E-state index in [1.165, 1.54) is 29.6 Å². The molecule has 4 rings (SSSR count). The highest BCUT2D eigenvalue weighted by Crippen LogP contribution is 2.17. The normalized spacial score (nSPS) is 10.6. The number of aromatic nitrogens is 3. The number of guanidine groups is 1. The van der Waals surface area contributed by atoms with Crippen molar-refractivity contribution >= 4 is 51.2 Å². The van der Waals surface area contributed by atoms with Crippen LogP contribution in [0, 0.1) is 11.2 Å². The third kappa shape index (κ3) is 4.31. The molecule has 5 N–H and O–H groups in total. The molecule has 4 aromatic rings. The summed E-state index contributed by atoms with van der Waals surface area (Å²) in [6, 6.07) is 12.4. The van der Waals surface area contributed by atoms with Gasteiger partial charge in [0.05, 0.1) is 11.0 Å². The number of hydrogen-bond acceptors (Lipinski definition) is 6. The van der Waals surface area contributed by atoms with Gasteiger partial charge in [-0.05, 0) is 36.4 Å². The van der Waals surface area contributed by atoms with Crippen molar-refractivity contribution in [1.82, 2.24) is 20.3 Å². The van der Waals surface area contributed by atoms with Gasteiger partial charge in [-0.25, -0.2) is 14.4 Å². The maximum absolute atomic E-state index is 13.0. The van der Waals surface area contributed by atoms with Gasteiger partial charge in [0.25, 0.3) is 11.8 Å². The largest absolute Gasteiger partial charge is 0.324 e. The number of amides is 2. The van der Waals surface area contributed by atoms with E-state index in [1.54, 1.807) is 0 Å². The topological polar surface area (TPSA) is 136 Å². The van der Waals surface area contributed by atoms with Crippen molar-refractivity contribution in [3.63, 3.8) is 0 Å². The molecule has 2 amide bonds. The Morgan fingerprint density at radius 2 is 1.77 bits per heavy atom. The molecule has 2 aromatic carbocycles. The van der Waals surface area contributed by atoms with Crippen LogP contribution in [0.1, 0.15) is 20.8 Å². The summed E-state index contributed by atoms with van der Waals surface area (Å²) >= 11 is 1.05. The van der Waals surface area contributed by atoms with E-state index in [4.69, 9.17) is 5.41 Å². The molecule has 0 aliphatic heterocycles. The van der Waals surface area contributed by atoms with Crippen molar-refractivity contribution in [1.29, 1.82) is 5.41 Å². The maximum atomic E-state index is 13.0. The molecular formula is C19H14FN7O2S. The summed E-state index contributed by atoms with van der Waals surface area (Å²) in [6.07, 6.45) is 0. The first kappa shape index (κ1) is 19.2. The molecular weight excluding hydrogens is 409 g/mol. The summed E-state index contributed by atoms with van der Waals surface area (Å²) in [5.74, 6) is -1.52. The maximum Gasteiger partial charge on any atom is 0.277 e. The average Bonchev–Trinajstić information content (AvgIpc) is 3.34. The first-order chi connectivity index (χ1) is 14.5. The second kappa shape index (κ2) is 8.09. The molecule has 0 spiro atoms. The molecule has 0 aliphatic carbocycles. The Hall–Kier alpha value is -4.12. The minimum atomic E-state index is -0.623. The fourth-order valence-corrected chi connectivity index (χ4v) is 3.23. The van der Waals surface area contributed by atoms with Gasteiger partial charge in [-0.1, -0.05) is 12.1 Å². The van der Waals surface area contributed by atoms with Gasteiger partial charge in [-0.15, -0.1) is 11.3 Å². The number of halogens is 1. The van der Waals surface area contributed by atoms with Crippen molar-refractivity contribution in [2.45, 2.75) is 0 Å². The van der Waals surface area contributed by atoms with Crippen LogP contribution in [-0.4, -0.2) is 32.7 Å². The predicted octanol–water partition coefficient (Wildman–Crippen LogP) is 3.19. The Bertz CT molecular complexity index is 1220. The highest BCUT2D eigenvalue weighted by atomic mass is 32.1. The number of fused-ring (bicyclic) bond motifs is 1. The second-order valence-electron chi connectivity index (χ2n) is 6.06.